The molecule has 27 heavy (non-hydrogen) atoms. The summed E-state index contributed by atoms with van der Waals surface area (Å²) in [7, 11) is 2.13. The molecule has 0 spiro atoms. The van der Waals surface area contributed by atoms with Gasteiger partial charge in [0.15, 0.2) is 0 Å². The Morgan fingerprint density at radius 1 is 1.30 bits per heavy atom. The zero-order valence-corrected chi connectivity index (χ0v) is 16.1. The second-order valence-corrected chi connectivity index (χ2v) is 6.60. The molecule has 3 N–H and O–H groups in total. The van der Waals surface area contributed by atoms with Crippen LogP contribution in [0.1, 0.15) is 33.1 Å². The Morgan fingerprint density at radius 3 is 2.37 bits per heavy atom. The van der Waals surface area contributed by atoms with Crippen molar-refractivity contribution in [2.75, 3.05) is 25.5 Å². The first-order chi connectivity index (χ1) is 12.8. The highest BCUT2D eigenvalue weighted by atomic mass is 16.5. The maximum Gasteiger partial charge on any atom is 0.290 e. The monoisotopic (exact) mass is 379 g/mol. The average molecular weight is 379 g/mol. The normalized spacial score (nSPS) is 15.7. The summed E-state index contributed by atoms with van der Waals surface area (Å²) >= 11 is 0. The van der Waals surface area contributed by atoms with Crippen LogP contribution >= 0.6 is 0 Å². The Hall–Kier alpha value is -2.61. The van der Waals surface area contributed by atoms with E-state index in [4.69, 9.17) is 14.6 Å². The molecule has 0 aliphatic carbocycles. The number of rotatable bonds is 6. The Kier molecular flexibility index (Phi) is 9.89. The number of hydrogen-bond acceptors (Lipinski definition) is 5. The number of anilines is 1. The summed E-state index contributed by atoms with van der Waals surface area (Å²) in [6, 6.07) is 7.25. The second kappa shape index (κ2) is 11.9. The topological polar surface area (TPSA) is 108 Å². The van der Waals surface area contributed by atoms with Crippen LogP contribution in [0.3, 0.4) is 0 Å². The third kappa shape index (κ3) is 9.60. The fourth-order valence-corrected chi connectivity index (χ4v) is 2.80. The summed E-state index contributed by atoms with van der Waals surface area (Å²) < 4.78 is 5.99. The molecule has 2 amide bonds. The highest BCUT2D eigenvalue weighted by Crippen LogP contribution is 2.20. The minimum atomic E-state index is -0.250. The molecule has 1 aliphatic rings. The van der Waals surface area contributed by atoms with Crippen molar-refractivity contribution in [1.82, 2.24) is 10.2 Å². The lowest BCUT2D eigenvalue weighted by molar-refractivity contribution is -0.123. The SMILES string of the molecule is CC(=O)NC(C)CC(=O)Nc1ccc(OC2CCN(C)CC2)cc1.O=CO. The van der Waals surface area contributed by atoms with E-state index in [0.29, 0.717) is 0 Å². The van der Waals surface area contributed by atoms with Crippen LogP contribution in [-0.4, -0.2) is 60.6 Å². The van der Waals surface area contributed by atoms with Crippen LogP contribution in [0.4, 0.5) is 5.69 Å². The van der Waals surface area contributed by atoms with Crippen LogP contribution in [0.25, 0.3) is 0 Å². The van der Waals surface area contributed by atoms with Crippen LogP contribution in [-0.2, 0) is 14.4 Å². The molecule has 0 radical (unpaired) electrons. The lowest BCUT2D eigenvalue weighted by atomic mass is 10.1. The van der Waals surface area contributed by atoms with Gasteiger partial charge in [-0.05, 0) is 51.1 Å². The van der Waals surface area contributed by atoms with Gasteiger partial charge in [0.2, 0.25) is 11.8 Å². The number of carbonyl (C=O) groups is 3. The molecule has 1 heterocycles. The summed E-state index contributed by atoms with van der Waals surface area (Å²) in [4.78, 5) is 33.6. The molecule has 1 aliphatic heterocycles. The van der Waals surface area contributed by atoms with E-state index in [9.17, 15) is 9.59 Å². The largest absolute Gasteiger partial charge is 0.490 e. The van der Waals surface area contributed by atoms with Crippen molar-refractivity contribution in [3.63, 3.8) is 0 Å². The van der Waals surface area contributed by atoms with Crippen molar-refractivity contribution in [3.05, 3.63) is 24.3 Å². The highest BCUT2D eigenvalue weighted by Gasteiger charge is 2.18. The van der Waals surface area contributed by atoms with Crippen molar-refractivity contribution in [3.8, 4) is 5.75 Å². The van der Waals surface area contributed by atoms with Gasteiger partial charge in [-0.15, -0.1) is 0 Å². The molecule has 1 saturated heterocycles. The number of nitrogens with zero attached hydrogens (tertiary/aromatic N) is 1. The first kappa shape index (κ1) is 22.4. The summed E-state index contributed by atoms with van der Waals surface area (Å²) in [6.45, 7) is 5.12. The van der Waals surface area contributed by atoms with Gasteiger partial charge in [0.25, 0.3) is 6.47 Å². The molecule has 1 aromatic carbocycles. The van der Waals surface area contributed by atoms with Crippen molar-refractivity contribution in [2.24, 2.45) is 0 Å². The zero-order chi connectivity index (χ0) is 20.2. The van der Waals surface area contributed by atoms with Crippen molar-refractivity contribution in [1.29, 1.82) is 0 Å². The quantitative estimate of drug-likeness (QED) is 0.650. The van der Waals surface area contributed by atoms with Gasteiger partial charge in [-0.25, -0.2) is 0 Å². The van der Waals surface area contributed by atoms with Crippen LogP contribution in [0, 0.1) is 0 Å². The number of nitrogens with one attached hydrogen (secondary N) is 2. The van der Waals surface area contributed by atoms with Crippen LogP contribution in [0.15, 0.2) is 24.3 Å². The predicted molar refractivity (Wildman–Crippen MR) is 103 cm³/mol. The van der Waals surface area contributed by atoms with Crippen LogP contribution in [0.5, 0.6) is 5.75 Å². The van der Waals surface area contributed by atoms with E-state index < -0.39 is 0 Å². The van der Waals surface area contributed by atoms with E-state index >= 15 is 0 Å². The van der Waals surface area contributed by atoms with Gasteiger partial charge < -0.3 is 25.4 Å². The lowest BCUT2D eigenvalue weighted by Crippen LogP contribution is -2.35. The van der Waals surface area contributed by atoms with E-state index in [1.54, 1.807) is 6.92 Å². The standard InChI is InChI=1S/C18H27N3O3.CH2O2/c1-13(19-14(2)22)12-18(23)20-15-4-6-16(7-5-15)24-17-8-10-21(3)11-9-17;2-1-3/h4-7,13,17H,8-12H2,1-3H3,(H,19,22)(H,20,23);1H,(H,2,3). The van der Waals surface area contributed by atoms with Gasteiger partial charge >= 0.3 is 0 Å². The molecule has 0 bridgehead atoms. The zero-order valence-electron chi connectivity index (χ0n) is 16.1. The minimum Gasteiger partial charge on any atom is -0.490 e. The van der Waals surface area contributed by atoms with Gasteiger partial charge in [-0.1, -0.05) is 0 Å². The Bertz CT molecular complexity index is 598. The number of amides is 2. The lowest BCUT2D eigenvalue weighted by Gasteiger charge is -2.29. The van der Waals surface area contributed by atoms with Gasteiger partial charge in [0, 0.05) is 38.2 Å². The number of likely N-dealkylation sites (tertiary alicyclic amines) is 1. The minimum absolute atomic E-state index is 0.125. The molecule has 150 valence electrons. The molecule has 8 nitrogen and oxygen atoms in total. The third-order valence-corrected chi connectivity index (χ3v) is 4.05. The molecule has 1 aromatic rings. The first-order valence-electron chi connectivity index (χ1n) is 8.94. The van der Waals surface area contributed by atoms with E-state index in [-0.39, 0.29) is 36.9 Å². The van der Waals surface area contributed by atoms with Crippen molar-refractivity contribution < 1.29 is 24.2 Å². The molecule has 1 unspecified atom stereocenters. The number of benzene rings is 1. The maximum atomic E-state index is 11.9. The maximum absolute atomic E-state index is 11.9. The average Bonchev–Trinajstić information content (AvgIpc) is 2.58. The molecule has 0 aromatic heterocycles. The molecule has 0 saturated carbocycles. The van der Waals surface area contributed by atoms with Gasteiger partial charge in [-0.3, -0.25) is 14.4 Å². The van der Waals surface area contributed by atoms with Crippen LogP contribution in [0.2, 0.25) is 0 Å². The van der Waals surface area contributed by atoms with Crippen molar-refractivity contribution in [2.45, 2.75) is 45.3 Å². The molecule has 2 rings (SSSR count). The molecule has 8 heteroatoms. The highest BCUT2D eigenvalue weighted by molar-refractivity contribution is 5.91. The molecule has 1 fully saturated rings. The molecular weight excluding hydrogens is 350 g/mol. The number of piperidine rings is 1. The number of hydrogen-bond donors (Lipinski definition) is 3. The fraction of sp³-hybridized carbons (Fsp3) is 0.526. The first-order valence-corrected chi connectivity index (χ1v) is 8.94. The second-order valence-electron chi connectivity index (χ2n) is 6.60. The van der Waals surface area contributed by atoms with Gasteiger partial charge in [-0.2, -0.15) is 0 Å². The number of carboxylic acid groups (broad SMARTS) is 1. The van der Waals surface area contributed by atoms with E-state index in [0.717, 1.165) is 37.4 Å². The van der Waals surface area contributed by atoms with Gasteiger partial charge in [0.05, 0.1) is 0 Å². The summed E-state index contributed by atoms with van der Waals surface area (Å²) in [5, 5.41) is 12.4. The number of ether oxygens (including phenoxy) is 1. The Labute approximate surface area is 159 Å². The van der Waals surface area contributed by atoms with E-state index in [2.05, 4.69) is 22.6 Å². The predicted octanol–water partition coefficient (Wildman–Crippen LogP) is 1.71. The number of carbonyl (C=O) groups excluding carboxylic acids is 2. The Morgan fingerprint density at radius 2 is 1.85 bits per heavy atom. The fourth-order valence-electron chi connectivity index (χ4n) is 2.80. The van der Waals surface area contributed by atoms with Crippen molar-refractivity contribution >= 4 is 24.0 Å². The summed E-state index contributed by atoms with van der Waals surface area (Å²) in [5.74, 6) is 0.570. The molecule has 1 atom stereocenters. The van der Waals surface area contributed by atoms with Crippen LogP contribution < -0.4 is 15.4 Å². The third-order valence-electron chi connectivity index (χ3n) is 4.05. The summed E-state index contributed by atoms with van der Waals surface area (Å²) in [5.41, 5.74) is 0.728. The Balaban J connectivity index is 0.00000114. The van der Waals surface area contributed by atoms with E-state index in [1.807, 2.05) is 24.3 Å². The smallest absolute Gasteiger partial charge is 0.290 e. The molecular formula is C19H29N3O5. The van der Waals surface area contributed by atoms with E-state index in [1.165, 1.54) is 6.92 Å². The summed E-state index contributed by atoms with van der Waals surface area (Å²) in [6.07, 6.45) is 2.58. The van der Waals surface area contributed by atoms with Gasteiger partial charge in [0.1, 0.15) is 11.9 Å².